The Morgan fingerprint density at radius 2 is 1.46 bits per heavy atom. The molecule has 8 rings (SSSR count). The number of aromatic hydroxyl groups is 1. The third kappa shape index (κ3) is 17.5. The Kier molecular flexibility index (Phi) is 23.2. The van der Waals surface area contributed by atoms with Gasteiger partial charge in [-0.15, -0.1) is 16.7 Å². The van der Waals surface area contributed by atoms with E-state index in [1.807, 2.05) is 25.1 Å². The molecule has 6 N–H and O–H groups in total. The highest BCUT2D eigenvalue weighted by Gasteiger charge is 2.37. The number of benzene rings is 5. The molecule has 0 spiro atoms. The molecule has 2 aliphatic heterocycles. The number of carbonyl (C=O) groups excluding carboxylic acids is 9. The van der Waals surface area contributed by atoms with Crippen molar-refractivity contribution in [3.05, 3.63) is 143 Å². The van der Waals surface area contributed by atoms with Gasteiger partial charge in [-0.2, -0.15) is 0 Å². The van der Waals surface area contributed by atoms with E-state index in [1.54, 1.807) is 68.4 Å². The van der Waals surface area contributed by atoms with Crippen molar-refractivity contribution in [2.75, 3.05) is 101 Å². The lowest BCUT2D eigenvalue weighted by atomic mass is 9.92. The number of alkyl carbamates (subject to hydrolysis) is 1. The summed E-state index contributed by atoms with van der Waals surface area (Å²) in [5, 5.41) is 39.4. The normalized spacial score (nSPS) is 14.0. The van der Waals surface area contributed by atoms with Crippen molar-refractivity contribution in [2.24, 2.45) is 5.92 Å². The molecule has 6 aromatic rings. The molecule has 0 saturated carbocycles. The third-order valence-corrected chi connectivity index (χ3v) is 15.1. The summed E-state index contributed by atoms with van der Waals surface area (Å²) in [5.41, 5.74) is 4.46. The summed E-state index contributed by atoms with van der Waals surface area (Å²) in [7, 11) is 1.50. The number of halogens is 1. The van der Waals surface area contributed by atoms with E-state index in [9.17, 15) is 53.4 Å². The van der Waals surface area contributed by atoms with Crippen LogP contribution < -0.4 is 30.9 Å². The lowest BCUT2D eigenvalue weighted by molar-refractivity contribution is -0.137. The first-order valence-corrected chi connectivity index (χ1v) is 29.6. The SMILES string of the molecule is Cc1cccc2c(OC(=O)N(CCOCCO)CCN(C)C(=O)OCc3ccc(NC(=O)[C@H](C)NC(=O)[C@@H](NC(=O)OCCOCCN4C(=O)C=CC4=O)C(C)C)cc3)cc3c(c12)[C@H](CCl)CN3C(=O)c1cn(-c2ccc(NC(=O)c3ccc(O)cc3)cc2)nn1. The lowest BCUT2D eigenvalue weighted by Crippen LogP contribution is -2.53. The second-order valence-corrected chi connectivity index (χ2v) is 21.8. The number of carbonyl (C=O) groups is 9. The molecule has 0 aliphatic carbocycles. The molecule has 1 aromatic heterocycles. The van der Waals surface area contributed by atoms with Gasteiger partial charge in [0.25, 0.3) is 23.6 Å². The van der Waals surface area contributed by atoms with Gasteiger partial charge < -0.3 is 69.9 Å². The highest BCUT2D eigenvalue weighted by atomic mass is 35.5. The van der Waals surface area contributed by atoms with Crippen molar-refractivity contribution in [1.29, 1.82) is 0 Å². The van der Waals surface area contributed by atoms with Gasteiger partial charge in [-0.1, -0.05) is 49.4 Å². The topological polar surface area (TPSA) is 332 Å². The minimum absolute atomic E-state index is 0.00449. The van der Waals surface area contributed by atoms with E-state index in [4.69, 9.17) is 35.3 Å². The molecular formula is C63H70ClN11O16. The van der Waals surface area contributed by atoms with Gasteiger partial charge in [-0.25, -0.2) is 19.1 Å². The van der Waals surface area contributed by atoms with Crippen LogP contribution in [-0.4, -0.2) is 191 Å². The van der Waals surface area contributed by atoms with Gasteiger partial charge in [0.15, 0.2) is 5.69 Å². The minimum Gasteiger partial charge on any atom is -0.508 e. The molecule has 480 valence electrons. The maximum Gasteiger partial charge on any atom is 0.415 e. The summed E-state index contributed by atoms with van der Waals surface area (Å²) in [4.78, 5) is 122. The predicted octanol–water partition coefficient (Wildman–Crippen LogP) is 5.88. The fourth-order valence-electron chi connectivity index (χ4n) is 9.75. The molecule has 28 heteroatoms. The zero-order chi connectivity index (χ0) is 65.3. The van der Waals surface area contributed by atoms with Crippen molar-refractivity contribution >= 4 is 93.2 Å². The number of likely N-dealkylation sites (N-methyl/N-ethyl adjacent to an activating group) is 1. The van der Waals surface area contributed by atoms with Gasteiger partial charge in [0.2, 0.25) is 11.8 Å². The number of amides is 9. The first kappa shape index (κ1) is 67.0. The van der Waals surface area contributed by atoms with Crippen LogP contribution in [0.4, 0.5) is 31.4 Å². The number of nitrogens with zero attached hydrogens (tertiary/aromatic N) is 7. The summed E-state index contributed by atoms with van der Waals surface area (Å²) >= 11 is 6.63. The average molecular weight is 1270 g/mol. The molecule has 2 aliphatic rings. The standard InChI is InChI=1S/C63H70ClN11O16/c1-38(2)56(68-61(84)89-32-31-88-29-26-73-52(78)21-22-53(73)79)59(82)65-40(4)57(80)66-44-13-9-41(10-14-44)37-90-62(85)71(5)23-24-72(25-28-87-30-27-76)63(86)91-51-33-50-55(54-39(3)7-6-8-48(51)54)43(34-64)35-74(50)60(83)49-36-75(70-69-49)46-17-15-45(16-18-46)67-58(81)42-11-19-47(77)20-12-42/h6-22,33,36,38,40,43,56,76-77H,23-32,34-35,37H2,1-5H3,(H,65,82)(H,66,80)(H,67,81)(H,68,84)/t40-,43+,56-/m0/s1. The number of phenolic OH excluding ortho intramolecular Hbond substituents is 1. The van der Waals surface area contributed by atoms with Crippen molar-refractivity contribution in [2.45, 2.75) is 52.3 Å². The Labute approximate surface area is 528 Å². The minimum atomic E-state index is -1.06. The third-order valence-electron chi connectivity index (χ3n) is 14.7. The Balaban J connectivity index is 0.836. The molecule has 0 bridgehead atoms. The van der Waals surface area contributed by atoms with Crippen LogP contribution in [0.5, 0.6) is 11.5 Å². The number of aliphatic hydroxyl groups excluding tert-OH is 1. The predicted molar refractivity (Wildman–Crippen MR) is 332 cm³/mol. The van der Waals surface area contributed by atoms with Crippen LogP contribution in [0.1, 0.15) is 64.2 Å². The van der Waals surface area contributed by atoms with Gasteiger partial charge in [0.1, 0.15) is 36.8 Å². The van der Waals surface area contributed by atoms with E-state index in [0.29, 0.717) is 39.3 Å². The van der Waals surface area contributed by atoms with E-state index in [-0.39, 0.29) is 114 Å². The summed E-state index contributed by atoms with van der Waals surface area (Å²) in [6.07, 6.45) is 1.41. The van der Waals surface area contributed by atoms with E-state index < -0.39 is 65.8 Å². The highest BCUT2D eigenvalue weighted by Crippen LogP contribution is 2.47. The van der Waals surface area contributed by atoms with Crippen LogP contribution in [0.25, 0.3) is 16.5 Å². The number of imide groups is 1. The molecule has 0 saturated heterocycles. The molecule has 27 nitrogen and oxygen atoms in total. The average Bonchev–Trinajstić information content (AvgIpc) is 1.63. The van der Waals surface area contributed by atoms with E-state index in [0.717, 1.165) is 33.6 Å². The molecule has 0 radical (unpaired) electrons. The molecule has 3 atom stereocenters. The smallest absolute Gasteiger partial charge is 0.415 e. The molecule has 3 heterocycles. The molecule has 9 amide bonds. The quantitative estimate of drug-likeness (QED) is 0.0190. The maximum absolute atomic E-state index is 14.5. The summed E-state index contributed by atoms with van der Waals surface area (Å²) in [5.74, 6) is -3.29. The van der Waals surface area contributed by atoms with Gasteiger partial charge in [0, 0.05) is 85.6 Å². The summed E-state index contributed by atoms with van der Waals surface area (Å²) in [6.45, 7) is 6.42. The Bertz CT molecular complexity index is 3640. The van der Waals surface area contributed by atoms with Gasteiger partial charge in [-0.3, -0.25) is 33.7 Å². The zero-order valence-electron chi connectivity index (χ0n) is 50.6. The molecular weight excluding hydrogens is 1200 g/mol. The number of fused-ring (bicyclic) bond motifs is 3. The number of alkyl halides is 1. The number of nitrogens with one attached hydrogen (secondary N) is 4. The Hall–Kier alpha value is -9.96. The largest absolute Gasteiger partial charge is 0.508 e. The fraction of sp³-hybridized carbons (Fsp3) is 0.349. The number of ether oxygens (including phenoxy) is 5. The number of aromatic nitrogens is 3. The van der Waals surface area contributed by atoms with Crippen molar-refractivity contribution in [3.8, 4) is 17.2 Å². The molecule has 5 aromatic carbocycles. The maximum atomic E-state index is 14.5. The first-order valence-electron chi connectivity index (χ1n) is 29.1. The number of aliphatic hydroxyl groups is 1. The monoisotopic (exact) mass is 1270 g/mol. The fourth-order valence-corrected chi connectivity index (χ4v) is 10.0. The van der Waals surface area contributed by atoms with Crippen LogP contribution in [0.2, 0.25) is 0 Å². The number of hydrogen-bond donors (Lipinski definition) is 6. The highest BCUT2D eigenvalue weighted by molar-refractivity contribution is 6.19. The van der Waals surface area contributed by atoms with Crippen LogP contribution in [0, 0.1) is 12.8 Å². The first-order chi connectivity index (χ1) is 43.7. The van der Waals surface area contributed by atoms with Crippen LogP contribution >= 0.6 is 11.6 Å². The van der Waals surface area contributed by atoms with Crippen LogP contribution in [0.3, 0.4) is 0 Å². The molecule has 0 fully saturated rings. The van der Waals surface area contributed by atoms with Crippen molar-refractivity contribution in [3.63, 3.8) is 0 Å². The van der Waals surface area contributed by atoms with Crippen LogP contribution in [0.15, 0.2) is 115 Å². The van der Waals surface area contributed by atoms with E-state index >= 15 is 0 Å². The number of anilines is 3. The van der Waals surface area contributed by atoms with E-state index in [2.05, 4.69) is 31.6 Å². The van der Waals surface area contributed by atoms with Gasteiger partial charge in [0.05, 0.1) is 57.2 Å². The second kappa shape index (κ2) is 31.5. The van der Waals surface area contributed by atoms with Gasteiger partial charge in [-0.05, 0) is 103 Å². The number of rotatable bonds is 28. The summed E-state index contributed by atoms with van der Waals surface area (Å²) in [6, 6.07) is 24.1. The van der Waals surface area contributed by atoms with Gasteiger partial charge >= 0.3 is 18.3 Å². The second-order valence-electron chi connectivity index (χ2n) is 21.5. The lowest BCUT2D eigenvalue weighted by Gasteiger charge is -2.26. The molecule has 91 heavy (non-hydrogen) atoms. The van der Waals surface area contributed by atoms with Crippen molar-refractivity contribution in [1.82, 2.24) is 40.3 Å². The number of hydrogen-bond acceptors (Lipinski definition) is 18. The number of phenols is 1. The zero-order valence-corrected chi connectivity index (χ0v) is 51.3. The Morgan fingerprint density at radius 1 is 0.769 bits per heavy atom. The van der Waals surface area contributed by atoms with Crippen LogP contribution in [-0.2, 0) is 44.7 Å². The summed E-state index contributed by atoms with van der Waals surface area (Å²) < 4.78 is 29.2. The number of aryl methyl sites for hydroxylation is 1. The van der Waals surface area contributed by atoms with Crippen molar-refractivity contribution < 1.29 is 77.0 Å². The Morgan fingerprint density at radius 3 is 2.15 bits per heavy atom. The van der Waals surface area contributed by atoms with E-state index in [1.165, 1.54) is 63.8 Å². The molecule has 0 unspecified atom stereocenters.